The van der Waals surface area contributed by atoms with Crippen molar-refractivity contribution in [3.63, 3.8) is 0 Å². The summed E-state index contributed by atoms with van der Waals surface area (Å²) in [6.45, 7) is 3.89. The summed E-state index contributed by atoms with van der Waals surface area (Å²) < 4.78 is 0. The van der Waals surface area contributed by atoms with Crippen molar-refractivity contribution in [2.75, 3.05) is 23.7 Å². The van der Waals surface area contributed by atoms with Gasteiger partial charge in [-0.25, -0.2) is 0 Å². The minimum absolute atomic E-state index is 0.0128. The first-order valence-electron chi connectivity index (χ1n) is 9.15. The van der Waals surface area contributed by atoms with Crippen LogP contribution in [-0.2, 0) is 16.1 Å². The minimum Gasteiger partial charge on any atom is -0.326 e. The molecule has 0 aliphatic carbocycles. The molecule has 0 saturated carbocycles. The Labute approximate surface area is 164 Å². The quantitative estimate of drug-likeness (QED) is 0.812. The number of piperidine rings is 1. The van der Waals surface area contributed by atoms with Crippen LogP contribution in [0.25, 0.3) is 0 Å². The van der Waals surface area contributed by atoms with Gasteiger partial charge in [-0.05, 0) is 49.2 Å². The number of rotatable bonds is 5. The van der Waals surface area contributed by atoms with Gasteiger partial charge in [0.05, 0.1) is 5.92 Å². The number of anilines is 2. The monoisotopic (exact) mass is 385 g/mol. The van der Waals surface area contributed by atoms with Crippen molar-refractivity contribution in [2.45, 2.75) is 26.3 Å². The fourth-order valence-corrected chi connectivity index (χ4v) is 3.60. The van der Waals surface area contributed by atoms with Crippen LogP contribution < -0.4 is 10.6 Å². The lowest BCUT2D eigenvalue weighted by Gasteiger charge is -2.32. The molecule has 0 aromatic heterocycles. The second-order valence-electron chi connectivity index (χ2n) is 6.92. The maximum atomic E-state index is 12.7. The van der Waals surface area contributed by atoms with Crippen LogP contribution in [0.3, 0.4) is 0 Å². The van der Waals surface area contributed by atoms with Crippen molar-refractivity contribution in [1.29, 1.82) is 0 Å². The molecule has 0 bridgehead atoms. The van der Waals surface area contributed by atoms with Gasteiger partial charge in [0.15, 0.2) is 0 Å². The SMILES string of the molecule is CC(=O)Nc1cccc(NC(=O)C2CCCN(Cc3ccccc3Cl)C2)c1. The van der Waals surface area contributed by atoms with Crippen molar-refractivity contribution < 1.29 is 9.59 Å². The topological polar surface area (TPSA) is 61.4 Å². The van der Waals surface area contributed by atoms with Gasteiger partial charge in [-0.2, -0.15) is 0 Å². The molecule has 0 radical (unpaired) electrons. The Kier molecular flexibility index (Phi) is 6.48. The molecule has 1 fully saturated rings. The first-order valence-corrected chi connectivity index (χ1v) is 9.53. The largest absolute Gasteiger partial charge is 0.326 e. The van der Waals surface area contributed by atoms with Crippen molar-refractivity contribution in [3.8, 4) is 0 Å². The number of likely N-dealkylation sites (tertiary alicyclic amines) is 1. The van der Waals surface area contributed by atoms with E-state index in [1.54, 1.807) is 12.1 Å². The van der Waals surface area contributed by atoms with Gasteiger partial charge in [0.1, 0.15) is 0 Å². The number of amides is 2. The molecule has 6 heteroatoms. The van der Waals surface area contributed by atoms with Gasteiger partial charge in [0.2, 0.25) is 11.8 Å². The number of hydrogen-bond donors (Lipinski definition) is 2. The van der Waals surface area contributed by atoms with Crippen molar-refractivity contribution in [2.24, 2.45) is 5.92 Å². The van der Waals surface area contributed by atoms with E-state index in [0.717, 1.165) is 36.5 Å². The van der Waals surface area contributed by atoms with E-state index in [4.69, 9.17) is 11.6 Å². The third kappa shape index (κ3) is 5.55. The molecule has 2 aromatic rings. The summed E-state index contributed by atoms with van der Waals surface area (Å²) in [7, 11) is 0. The second kappa shape index (κ2) is 9.02. The van der Waals surface area contributed by atoms with E-state index in [1.807, 2.05) is 36.4 Å². The summed E-state index contributed by atoms with van der Waals surface area (Å²) >= 11 is 6.26. The van der Waals surface area contributed by atoms with Crippen LogP contribution in [0.1, 0.15) is 25.3 Å². The lowest BCUT2D eigenvalue weighted by molar-refractivity contribution is -0.121. The maximum absolute atomic E-state index is 12.7. The fraction of sp³-hybridized carbons (Fsp3) is 0.333. The third-order valence-electron chi connectivity index (χ3n) is 4.68. The van der Waals surface area contributed by atoms with Gasteiger partial charge in [-0.3, -0.25) is 14.5 Å². The summed E-state index contributed by atoms with van der Waals surface area (Å²) in [6.07, 6.45) is 1.85. The van der Waals surface area contributed by atoms with Crippen LogP contribution in [-0.4, -0.2) is 29.8 Å². The Balaban J connectivity index is 1.60. The first-order chi connectivity index (χ1) is 13.0. The first kappa shape index (κ1) is 19.4. The highest BCUT2D eigenvalue weighted by molar-refractivity contribution is 6.31. The summed E-state index contributed by atoms with van der Waals surface area (Å²) in [5.41, 5.74) is 2.45. The molecule has 2 aromatic carbocycles. The Bertz CT molecular complexity index is 825. The van der Waals surface area contributed by atoms with Crippen LogP contribution in [0, 0.1) is 5.92 Å². The molecule has 1 saturated heterocycles. The molecule has 2 N–H and O–H groups in total. The predicted molar refractivity (Wildman–Crippen MR) is 109 cm³/mol. The number of benzene rings is 2. The highest BCUT2D eigenvalue weighted by Crippen LogP contribution is 2.24. The predicted octanol–water partition coefficient (Wildman–Crippen LogP) is 4.15. The van der Waals surface area contributed by atoms with Crippen LogP contribution in [0.2, 0.25) is 5.02 Å². The lowest BCUT2D eigenvalue weighted by Crippen LogP contribution is -2.40. The van der Waals surface area contributed by atoms with E-state index in [-0.39, 0.29) is 17.7 Å². The summed E-state index contributed by atoms with van der Waals surface area (Å²) in [4.78, 5) is 26.2. The van der Waals surface area contributed by atoms with E-state index in [0.29, 0.717) is 17.9 Å². The van der Waals surface area contributed by atoms with Gasteiger partial charge in [0.25, 0.3) is 0 Å². The number of halogens is 1. The zero-order valence-corrected chi connectivity index (χ0v) is 16.1. The van der Waals surface area contributed by atoms with Crippen molar-refractivity contribution >= 4 is 34.8 Å². The summed E-state index contributed by atoms with van der Waals surface area (Å²) in [5, 5.41) is 6.47. The number of carbonyl (C=O) groups excluding carboxylic acids is 2. The molecule has 1 unspecified atom stereocenters. The Morgan fingerprint density at radius 3 is 2.59 bits per heavy atom. The van der Waals surface area contributed by atoms with Gasteiger partial charge < -0.3 is 10.6 Å². The smallest absolute Gasteiger partial charge is 0.228 e. The van der Waals surface area contributed by atoms with Crippen LogP contribution in [0.15, 0.2) is 48.5 Å². The molecule has 5 nitrogen and oxygen atoms in total. The zero-order chi connectivity index (χ0) is 19.2. The zero-order valence-electron chi connectivity index (χ0n) is 15.4. The molecule has 1 heterocycles. The molecular weight excluding hydrogens is 362 g/mol. The molecule has 0 spiro atoms. The van der Waals surface area contributed by atoms with Gasteiger partial charge in [0, 0.05) is 36.4 Å². The van der Waals surface area contributed by atoms with E-state index < -0.39 is 0 Å². The Morgan fingerprint density at radius 2 is 1.85 bits per heavy atom. The fourth-order valence-electron chi connectivity index (χ4n) is 3.40. The van der Waals surface area contributed by atoms with E-state index in [1.165, 1.54) is 6.92 Å². The summed E-state index contributed by atoms with van der Waals surface area (Å²) in [5.74, 6) is -0.189. The van der Waals surface area contributed by atoms with Crippen LogP contribution in [0.4, 0.5) is 11.4 Å². The average molecular weight is 386 g/mol. The highest BCUT2D eigenvalue weighted by Gasteiger charge is 2.26. The van der Waals surface area contributed by atoms with Crippen LogP contribution >= 0.6 is 11.6 Å². The number of nitrogens with one attached hydrogen (secondary N) is 2. The molecule has 2 amide bonds. The minimum atomic E-state index is -0.138. The van der Waals surface area contributed by atoms with E-state index in [2.05, 4.69) is 15.5 Å². The number of nitrogens with zero attached hydrogens (tertiary/aromatic N) is 1. The van der Waals surface area contributed by atoms with Crippen molar-refractivity contribution in [1.82, 2.24) is 4.90 Å². The molecule has 142 valence electrons. The number of hydrogen-bond acceptors (Lipinski definition) is 3. The molecule has 1 aliphatic rings. The maximum Gasteiger partial charge on any atom is 0.228 e. The Hall–Kier alpha value is -2.37. The van der Waals surface area contributed by atoms with Gasteiger partial charge in [-0.15, -0.1) is 0 Å². The normalized spacial score (nSPS) is 17.3. The number of carbonyl (C=O) groups is 2. The molecular formula is C21H24ClN3O2. The van der Waals surface area contributed by atoms with E-state index >= 15 is 0 Å². The Morgan fingerprint density at radius 1 is 1.11 bits per heavy atom. The van der Waals surface area contributed by atoms with E-state index in [9.17, 15) is 9.59 Å². The average Bonchev–Trinajstić information content (AvgIpc) is 2.64. The molecule has 1 atom stereocenters. The van der Waals surface area contributed by atoms with Gasteiger partial charge >= 0.3 is 0 Å². The van der Waals surface area contributed by atoms with Crippen molar-refractivity contribution in [3.05, 3.63) is 59.1 Å². The van der Waals surface area contributed by atoms with Crippen LogP contribution in [0.5, 0.6) is 0 Å². The van der Waals surface area contributed by atoms with Gasteiger partial charge in [-0.1, -0.05) is 35.9 Å². The summed E-state index contributed by atoms with van der Waals surface area (Å²) in [6, 6.07) is 15.0. The standard InChI is InChI=1S/C21H24ClN3O2/c1-15(26)23-18-8-4-9-19(12-18)24-21(27)17-7-5-11-25(14-17)13-16-6-2-3-10-20(16)22/h2-4,6,8-10,12,17H,5,7,11,13-14H2,1H3,(H,23,26)(H,24,27). The second-order valence-corrected chi connectivity index (χ2v) is 7.32. The molecule has 3 rings (SSSR count). The lowest BCUT2D eigenvalue weighted by atomic mass is 9.96. The molecule has 27 heavy (non-hydrogen) atoms. The highest BCUT2D eigenvalue weighted by atomic mass is 35.5. The molecule has 1 aliphatic heterocycles. The third-order valence-corrected chi connectivity index (χ3v) is 5.05.